The molecule has 11 rings (SSSR count). The predicted molar refractivity (Wildman–Crippen MR) is 464 cm³/mol. The lowest BCUT2D eigenvalue weighted by atomic mass is 9.96. The fourth-order valence-corrected chi connectivity index (χ4v) is 14.4. The summed E-state index contributed by atoms with van der Waals surface area (Å²) in [4.78, 5) is 27.8. The number of rotatable bonds is 30. The normalized spacial score (nSPS) is 20.1. The number of hydrogen-bond donors (Lipinski definition) is 1. The van der Waals surface area contributed by atoms with Crippen molar-refractivity contribution in [1.29, 1.82) is 0 Å². The van der Waals surface area contributed by atoms with E-state index in [4.69, 9.17) is 37.9 Å². The maximum atomic E-state index is 13.9. The highest BCUT2D eigenvalue weighted by Gasteiger charge is 2.36. The highest BCUT2D eigenvalue weighted by Crippen LogP contribution is 2.38. The van der Waals surface area contributed by atoms with Crippen molar-refractivity contribution in [2.45, 2.75) is 226 Å². The van der Waals surface area contributed by atoms with E-state index >= 15 is 0 Å². The van der Waals surface area contributed by atoms with Crippen LogP contribution in [0.1, 0.15) is 191 Å². The maximum Gasteiger partial charge on any atom is 0.239 e. The summed E-state index contributed by atoms with van der Waals surface area (Å²) in [5.41, 5.74) is 9.18. The minimum atomic E-state index is -3.62. The van der Waals surface area contributed by atoms with Crippen LogP contribution in [0.2, 0.25) is 0 Å². The average Bonchev–Trinajstić information content (AvgIpc) is 0.789. The molecule has 8 aromatic rings. The Morgan fingerprint density at radius 3 is 1.09 bits per heavy atom. The number of benzene rings is 5. The fraction of sp³-hybridized carbons (Fsp3) is 0.467. The van der Waals surface area contributed by atoms with Crippen molar-refractivity contribution in [1.82, 2.24) is 29.9 Å². The molecule has 0 amide bonds. The Kier molecular flexibility index (Phi) is 33.9. The van der Waals surface area contributed by atoms with Crippen LogP contribution in [0.5, 0.6) is 0 Å². The summed E-state index contributed by atoms with van der Waals surface area (Å²) in [5, 5.41) is 10.3. The van der Waals surface area contributed by atoms with E-state index in [0.29, 0.717) is 126 Å². The maximum absolute atomic E-state index is 13.9. The van der Waals surface area contributed by atoms with Gasteiger partial charge in [0.2, 0.25) is 47.9 Å². The van der Waals surface area contributed by atoms with Gasteiger partial charge < -0.3 is 43.0 Å². The third-order valence-electron chi connectivity index (χ3n) is 19.6. The van der Waals surface area contributed by atoms with Gasteiger partial charge in [-0.3, -0.25) is 0 Å². The molecule has 3 fully saturated rings. The molecule has 1 N–H and O–H groups in total. The molecule has 3 aliphatic heterocycles. The van der Waals surface area contributed by atoms with Crippen LogP contribution in [0.3, 0.4) is 0 Å². The zero-order valence-corrected chi connectivity index (χ0v) is 74.2. The van der Waals surface area contributed by atoms with Crippen LogP contribution in [0.15, 0.2) is 152 Å². The van der Waals surface area contributed by atoms with Gasteiger partial charge in [0.1, 0.15) is 17.5 Å². The van der Waals surface area contributed by atoms with Gasteiger partial charge in [0.25, 0.3) is 0 Å². The first-order valence-electron chi connectivity index (χ1n) is 40.4. The molecule has 120 heavy (non-hydrogen) atoms. The smallest absolute Gasteiger partial charge is 0.239 e. The molecule has 0 bridgehead atoms. The summed E-state index contributed by atoms with van der Waals surface area (Å²) in [7, 11) is -6.60. The van der Waals surface area contributed by atoms with Crippen LogP contribution in [0.25, 0.3) is 52.0 Å². The molecule has 650 valence electrons. The second kappa shape index (κ2) is 42.8. The number of aliphatic hydroxyl groups excluding tert-OH is 1. The van der Waals surface area contributed by atoms with Crippen LogP contribution >= 0.6 is 0 Å². The van der Waals surface area contributed by atoms with Gasteiger partial charge in [0.05, 0.1) is 114 Å². The van der Waals surface area contributed by atoms with Gasteiger partial charge in [0.15, 0.2) is 18.9 Å². The highest BCUT2D eigenvalue weighted by molar-refractivity contribution is 7.92. The molecule has 3 aromatic heterocycles. The first kappa shape index (κ1) is 95.1. The second-order valence-electron chi connectivity index (χ2n) is 32.3. The van der Waals surface area contributed by atoms with E-state index in [1.807, 2.05) is 180 Å². The number of nitrogens with zero attached hydrogens (tertiary/aromatic N) is 9. The fourth-order valence-electron chi connectivity index (χ4n) is 13.3. The Morgan fingerprint density at radius 1 is 0.450 bits per heavy atom. The molecule has 24 nitrogen and oxygen atoms in total. The molecular formula is C90H116F3N9O15S3. The summed E-state index contributed by atoms with van der Waals surface area (Å²) in [5.74, 6) is -1.22. The van der Waals surface area contributed by atoms with E-state index in [-0.39, 0.29) is 89.7 Å². The molecular weight excluding hydrogens is 1600 g/mol. The molecule has 3 saturated heterocycles. The minimum absolute atomic E-state index is 0.0158. The first-order valence-corrected chi connectivity index (χ1v) is 45.9. The van der Waals surface area contributed by atoms with Gasteiger partial charge in [-0.1, -0.05) is 146 Å². The van der Waals surface area contributed by atoms with Crippen molar-refractivity contribution in [3.8, 4) is 33.8 Å². The van der Waals surface area contributed by atoms with Crippen LogP contribution in [0.4, 0.5) is 31.0 Å². The molecule has 0 radical (unpaired) electrons. The van der Waals surface area contributed by atoms with E-state index in [0.717, 1.165) is 49.2 Å². The Labute approximate surface area is 706 Å². The van der Waals surface area contributed by atoms with Crippen molar-refractivity contribution in [3.63, 3.8) is 0 Å². The number of hydrogen-bond acceptors (Lipinski definition) is 21. The molecule has 9 atom stereocenters. The number of halogens is 3. The highest BCUT2D eigenvalue weighted by atomic mass is 32.2. The second-order valence-corrected chi connectivity index (χ2v) is 38.3. The summed E-state index contributed by atoms with van der Waals surface area (Å²) >= 11 is 0. The van der Waals surface area contributed by atoms with Crippen LogP contribution in [-0.4, -0.2) is 174 Å². The Bertz CT molecular complexity index is 5110. The molecule has 0 spiro atoms. The topological polar surface area (TPSA) is 284 Å². The molecule has 3 aliphatic rings. The lowest BCUT2D eigenvalue weighted by molar-refractivity contribution is -0.246. The number of aliphatic hydroxyl groups is 1. The summed E-state index contributed by atoms with van der Waals surface area (Å²) in [6, 6.07) is 37.8. The Balaban J connectivity index is 0.000000206. The van der Waals surface area contributed by atoms with E-state index < -0.39 is 60.6 Å². The van der Waals surface area contributed by atoms with E-state index in [9.17, 15) is 43.5 Å². The number of ether oxygens (including phenoxy) is 8. The Morgan fingerprint density at radius 2 is 0.775 bits per heavy atom. The van der Waals surface area contributed by atoms with Gasteiger partial charge in [0, 0.05) is 99.7 Å². The summed E-state index contributed by atoms with van der Waals surface area (Å²) in [6.07, 6.45) is 15.6. The number of anilines is 3. The average molecular weight is 1720 g/mol. The lowest BCUT2D eigenvalue weighted by Crippen LogP contribution is -2.41. The SMILES string of the molecule is CC(C)OC1C[C@H](OCc2ccccc2)C[C@@H](/C=C/c2c(-c3ccc(F)cc3)nc(N(C)S(C)(=O)=O)nc2C(C)C)O1.CC(C)c1nc(N(C)S(C)(=O)=O)nc(-c2ccc(F)cc2)c1/C=C/[C@@H]1C[C@@H](OCc2ccccc2)CC(OC(C)(C)C)O1.CCCOC1C[C@H](O)C[C@@H](/C=C/c2c(-c3ccc(F)cc3)nc(N(C)S(C)(=O)=O)nc2C(C)C)O1. The number of aromatic nitrogens is 6. The van der Waals surface area contributed by atoms with Crippen LogP contribution < -0.4 is 12.9 Å². The largest absolute Gasteiger partial charge is 0.393 e. The van der Waals surface area contributed by atoms with Gasteiger partial charge in [-0.25, -0.2) is 81.2 Å². The molecule has 3 unspecified atom stereocenters. The molecule has 0 saturated carbocycles. The van der Waals surface area contributed by atoms with Crippen molar-refractivity contribution >= 4 is 66.1 Å². The third kappa shape index (κ3) is 28.1. The minimum Gasteiger partial charge on any atom is -0.393 e. The van der Waals surface area contributed by atoms with Crippen molar-refractivity contribution in [3.05, 3.63) is 214 Å². The van der Waals surface area contributed by atoms with Crippen molar-refractivity contribution < 1.29 is 81.4 Å². The van der Waals surface area contributed by atoms with E-state index in [2.05, 4.69) is 29.9 Å². The zero-order valence-electron chi connectivity index (χ0n) is 71.8. The summed E-state index contributed by atoms with van der Waals surface area (Å²) < 4.78 is 167. The van der Waals surface area contributed by atoms with E-state index in [1.165, 1.54) is 57.5 Å². The van der Waals surface area contributed by atoms with Gasteiger partial charge in [-0.15, -0.1) is 0 Å². The summed E-state index contributed by atoms with van der Waals surface area (Å²) in [6.45, 7) is 25.3. The molecule has 5 aromatic carbocycles. The predicted octanol–water partition coefficient (Wildman–Crippen LogP) is 17.2. The van der Waals surface area contributed by atoms with E-state index in [1.54, 1.807) is 36.4 Å². The van der Waals surface area contributed by atoms with Gasteiger partial charge >= 0.3 is 0 Å². The number of sulfonamides is 3. The standard InChI is InChI=1S/C33H42FN3O5S.C32H40FN3O5S.C25H34FN3O5S/c1-22(2)30-28(31(24-13-15-25(34)16-14-24)36-32(35-30)37(6)43(7,38)39)18-17-26-19-27(20-29(41-26)42-33(3,4)5)40-21-23-11-9-8-10-12-23;1-21(2)30-28(31(24-12-14-25(33)15-13-24)35-32(34-30)36(5)42(6,37)38)17-16-26-18-27(19-29(41-26)40-22(3)4)39-20-23-10-8-7-9-11-23;1-6-13-33-22-15-19(30)14-20(34-22)11-12-21-23(16(2)3)27-25(29(4)35(5,31)32)28-24(21)17-7-9-18(26)10-8-17/h8-18,22,26-27,29H,19-21H2,1-7H3;7-17,21-22,26-27,29H,18-20H2,1-6H3;7-12,16,19-20,22,30H,6,13-15H2,1-5H3/b18-17+;17-16+;12-11+/t2*26-,27-,29?;19-,20-,22?/m111/s1. The van der Waals surface area contributed by atoms with Crippen molar-refractivity contribution in [2.24, 2.45) is 0 Å². The molecule has 30 heteroatoms. The monoisotopic (exact) mass is 1720 g/mol. The van der Waals surface area contributed by atoms with Crippen LogP contribution in [0, 0.1) is 17.5 Å². The van der Waals surface area contributed by atoms with Crippen LogP contribution in [-0.2, 0) is 81.2 Å². The zero-order chi connectivity index (χ0) is 87.6. The lowest BCUT2D eigenvalue weighted by Gasteiger charge is -2.37. The van der Waals surface area contributed by atoms with Gasteiger partial charge in [-0.2, -0.15) is 0 Å². The molecule has 0 aliphatic carbocycles. The Hall–Kier alpha value is -8.76. The van der Waals surface area contributed by atoms with Crippen molar-refractivity contribution in [2.75, 3.05) is 59.4 Å². The molecule has 6 heterocycles. The van der Waals surface area contributed by atoms with Gasteiger partial charge in [-0.05, 0) is 143 Å². The first-order chi connectivity index (χ1) is 56.6. The quantitative estimate of drug-likeness (QED) is 0.0438. The third-order valence-corrected chi connectivity index (χ3v) is 23.1.